The van der Waals surface area contributed by atoms with Crippen LogP contribution in [0.25, 0.3) is 0 Å². The Kier molecular flexibility index (Phi) is 6.64. The normalized spacial score (nSPS) is 10.0. The number of ether oxygens (including phenoxy) is 1. The van der Waals surface area contributed by atoms with Crippen molar-refractivity contribution in [1.82, 2.24) is 10.6 Å². The van der Waals surface area contributed by atoms with Crippen LogP contribution in [0, 0.1) is 0 Å². The van der Waals surface area contributed by atoms with Gasteiger partial charge in [0.1, 0.15) is 0 Å². The summed E-state index contributed by atoms with van der Waals surface area (Å²) in [6.45, 7) is -0.444. The van der Waals surface area contributed by atoms with Crippen LogP contribution in [0.3, 0.4) is 0 Å². The molecule has 0 unspecified atom stereocenters. The largest absolute Gasteiger partial charge is 0.456 e. The second kappa shape index (κ2) is 8.94. The van der Waals surface area contributed by atoms with E-state index in [-0.39, 0.29) is 18.9 Å². The summed E-state index contributed by atoms with van der Waals surface area (Å²) in [7, 11) is 0. The lowest BCUT2D eigenvalue weighted by atomic mass is 10.4. The highest BCUT2D eigenvalue weighted by molar-refractivity contribution is 7.12. The van der Waals surface area contributed by atoms with Crippen molar-refractivity contribution in [2.75, 3.05) is 13.2 Å². The molecule has 0 saturated carbocycles. The first kappa shape index (κ1) is 17.8. The molecule has 0 aromatic carbocycles. The summed E-state index contributed by atoms with van der Waals surface area (Å²) in [4.78, 5) is 47.2. The molecule has 24 heavy (non-hydrogen) atoms. The number of hydrogen-bond donors (Lipinski definition) is 2. The Morgan fingerprint density at radius 2 is 1.58 bits per heavy atom. The number of rotatable bonds is 7. The van der Waals surface area contributed by atoms with Crippen LogP contribution in [0.5, 0.6) is 0 Å². The average molecular weight is 366 g/mol. The summed E-state index contributed by atoms with van der Waals surface area (Å²) in [5.74, 6) is -2.14. The maximum Gasteiger partial charge on any atom is 0.308 e. The smallest absolute Gasteiger partial charge is 0.308 e. The van der Waals surface area contributed by atoms with Crippen LogP contribution in [-0.4, -0.2) is 36.8 Å². The lowest BCUT2D eigenvalue weighted by Crippen LogP contribution is -2.34. The standard InChI is InChI=1S/C15H14N2O5S2/c18-12(17-15(21)11-4-2-8-24-11)9-22-13(19)5-6-16-14(20)10-3-1-7-23-10/h1-4,7-8H,5-6,9H2,(H,16,20)(H,17,18,21). The number of carbonyl (C=O) groups excluding carboxylic acids is 4. The van der Waals surface area contributed by atoms with Crippen LogP contribution in [-0.2, 0) is 14.3 Å². The van der Waals surface area contributed by atoms with Crippen molar-refractivity contribution in [1.29, 1.82) is 0 Å². The number of hydrogen-bond acceptors (Lipinski definition) is 7. The van der Waals surface area contributed by atoms with Gasteiger partial charge in [0.2, 0.25) is 0 Å². The van der Waals surface area contributed by atoms with E-state index in [0.29, 0.717) is 9.75 Å². The first-order chi connectivity index (χ1) is 11.6. The van der Waals surface area contributed by atoms with Crippen molar-refractivity contribution in [3.05, 3.63) is 44.8 Å². The van der Waals surface area contributed by atoms with E-state index < -0.39 is 24.4 Å². The zero-order valence-electron chi connectivity index (χ0n) is 12.4. The van der Waals surface area contributed by atoms with Gasteiger partial charge in [-0.3, -0.25) is 24.5 Å². The number of esters is 1. The first-order valence-corrected chi connectivity index (χ1v) is 8.67. The van der Waals surface area contributed by atoms with Crippen LogP contribution >= 0.6 is 22.7 Å². The lowest BCUT2D eigenvalue weighted by molar-refractivity contribution is -0.148. The topological polar surface area (TPSA) is 102 Å². The highest BCUT2D eigenvalue weighted by Gasteiger charge is 2.13. The fourth-order valence-electron chi connectivity index (χ4n) is 1.62. The van der Waals surface area contributed by atoms with Gasteiger partial charge in [0.25, 0.3) is 17.7 Å². The van der Waals surface area contributed by atoms with Crippen molar-refractivity contribution >= 4 is 46.4 Å². The predicted octanol–water partition coefficient (Wildman–Crippen LogP) is 1.43. The quantitative estimate of drug-likeness (QED) is 0.722. The highest BCUT2D eigenvalue weighted by atomic mass is 32.1. The summed E-state index contributed by atoms with van der Waals surface area (Å²) >= 11 is 2.49. The monoisotopic (exact) mass is 366 g/mol. The fourth-order valence-corrected chi connectivity index (χ4v) is 2.88. The SMILES string of the molecule is O=C(COC(=O)CCNC(=O)c1cccs1)NC(=O)c1cccs1. The van der Waals surface area contributed by atoms with Gasteiger partial charge in [-0.2, -0.15) is 0 Å². The van der Waals surface area contributed by atoms with E-state index in [0.717, 1.165) is 0 Å². The summed E-state index contributed by atoms with van der Waals surface area (Å²) < 4.78 is 4.75. The van der Waals surface area contributed by atoms with Gasteiger partial charge in [-0.25, -0.2) is 0 Å². The zero-order valence-corrected chi connectivity index (χ0v) is 14.1. The minimum atomic E-state index is -0.704. The number of carbonyl (C=O) groups is 4. The molecule has 0 spiro atoms. The molecule has 0 saturated heterocycles. The molecule has 2 rings (SSSR count). The van der Waals surface area contributed by atoms with E-state index in [1.807, 2.05) is 0 Å². The minimum Gasteiger partial charge on any atom is -0.456 e. The Morgan fingerprint density at radius 1 is 0.958 bits per heavy atom. The number of imide groups is 1. The number of thiophene rings is 2. The molecular weight excluding hydrogens is 352 g/mol. The van der Waals surface area contributed by atoms with E-state index in [9.17, 15) is 19.2 Å². The van der Waals surface area contributed by atoms with Gasteiger partial charge < -0.3 is 10.1 Å². The Hall–Kier alpha value is -2.52. The van der Waals surface area contributed by atoms with Crippen LogP contribution in [0.15, 0.2) is 35.0 Å². The average Bonchev–Trinajstić information content (AvgIpc) is 3.25. The molecule has 0 fully saturated rings. The molecule has 2 N–H and O–H groups in total. The Balaban J connectivity index is 1.61. The molecular formula is C15H14N2O5S2. The Bertz CT molecular complexity index is 710. The predicted molar refractivity (Wildman–Crippen MR) is 89.0 cm³/mol. The van der Waals surface area contributed by atoms with Gasteiger partial charge in [-0.15, -0.1) is 22.7 Å². The van der Waals surface area contributed by atoms with Gasteiger partial charge in [0.15, 0.2) is 6.61 Å². The molecule has 0 aliphatic carbocycles. The van der Waals surface area contributed by atoms with Crippen molar-refractivity contribution in [3.63, 3.8) is 0 Å². The summed E-state index contributed by atoms with van der Waals surface area (Å²) in [5, 5.41) is 8.18. The minimum absolute atomic E-state index is 0.0662. The third kappa shape index (κ3) is 5.60. The van der Waals surface area contributed by atoms with Crippen molar-refractivity contribution < 1.29 is 23.9 Å². The van der Waals surface area contributed by atoms with Gasteiger partial charge in [0, 0.05) is 6.54 Å². The molecule has 2 aromatic heterocycles. The third-order valence-corrected chi connectivity index (χ3v) is 4.46. The second-order valence-corrected chi connectivity index (χ2v) is 6.39. The van der Waals surface area contributed by atoms with Gasteiger partial charge in [0.05, 0.1) is 16.2 Å². The molecule has 3 amide bonds. The van der Waals surface area contributed by atoms with Gasteiger partial charge in [-0.05, 0) is 22.9 Å². The van der Waals surface area contributed by atoms with E-state index in [1.165, 1.54) is 22.7 Å². The van der Waals surface area contributed by atoms with E-state index in [2.05, 4.69) is 10.6 Å². The van der Waals surface area contributed by atoms with Crippen molar-refractivity contribution in [2.45, 2.75) is 6.42 Å². The Labute approximate surface area is 145 Å². The zero-order chi connectivity index (χ0) is 17.4. The van der Waals surface area contributed by atoms with Crippen LogP contribution in [0.2, 0.25) is 0 Å². The molecule has 2 heterocycles. The highest BCUT2D eigenvalue weighted by Crippen LogP contribution is 2.08. The molecule has 0 aliphatic rings. The maximum absolute atomic E-state index is 11.6. The van der Waals surface area contributed by atoms with E-state index >= 15 is 0 Å². The molecule has 7 nitrogen and oxygen atoms in total. The first-order valence-electron chi connectivity index (χ1n) is 6.91. The van der Waals surface area contributed by atoms with Crippen LogP contribution in [0.4, 0.5) is 0 Å². The Morgan fingerprint density at radius 3 is 2.17 bits per heavy atom. The molecule has 0 atom stereocenters. The van der Waals surface area contributed by atoms with E-state index in [4.69, 9.17) is 4.74 Å². The van der Waals surface area contributed by atoms with Gasteiger partial charge >= 0.3 is 5.97 Å². The summed E-state index contributed by atoms with van der Waals surface area (Å²) in [6.07, 6.45) is -0.0662. The molecule has 0 radical (unpaired) electrons. The third-order valence-electron chi connectivity index (χ3n) is 2.72. The lowest BCUT2D eigenvalue weighted by Gasteiger charge is -2.06. The van der Waals surface area contributed by atoms with Crippen LogP contribution in [0.1, 0.15) is 25.8 Å². The molecule has 2 aromatic rings. The maximum atomic E-state index is 11.6. The molecule has 9 heteroatoms. The van der Waals surface area contributed by atoms with E-state index in [1.54, 1.807) is 35.0 Å². The van der Waals surface area contributed by atoms with Crippen molar-refractivity contribution in [2.24, 2.45) is 0 Å². The fraction of sp³-hybridized carbons (Fsp3) is 0.200. The van der Waals surface area contributed by atoms with Gasteiger partial charge in [-0.1, -0.05) is 12.1 Å². The molecule has 126 valence electrons. The molecule has 0 bridgehead atoms. The van der Waals surface area contributed by atoms with Crippen LogP contribution < -0.4 is 10.6 Å². The number of nitrogens with one attached hydrogen (secondary N) is 2. The second-order valence-electron chi connectivity index (χ2n) is 4.50. The number of amides is 3. The molecule has 0 aliphatic heterocycles. The summed E-state index contributed by atoms with van der Waals surface area (Å²) in [6, 6.07) is 6.70. The summed E-state index contributed by atoms with van der Waals surface area (Å²) in [5.41, 5.74) is 0. The van der Waals surface area contributed by atoms with Crippen molar-refractivity contribution in [3.8, 4) is 0 Å².